The van der Waals surface area contributed by atoms with Gasteiger partial charge in [0.25, 0.3) is 0 Å². The molecule has 29 heavy (non-hydrogen) atoms. The second kappa shape index (κ2) is 8.17. The molecule has 0 bridgehead atoms. The van der Waals surface area contributed by atoms with E-state index < -0.39 is 17.0 Å². The van der Waals surface area contributed by atoms with Crippen molar-refractivity contribution >= 4 is 18.2 Å². The van der Waals surface area contributed by atoms with Crippen LogP contribution in [0.1, 0.15) is 76.6 Å². The number of aldehydes is 1. The summed E-state index contributed by atoms with van der Waals surface area (Å²) >= 11 is 0. The average molecular weight is 405 g/mol. The number of rotatable bonds is 6. The number of benzene rings is 1. The second-order valence-corrected chi connectivity index (χ2v) is 9.25. The fourth-order valence-corrected chi connectivity index (χ4v) is 3.58. The number of fused-ring (bicyclic) bond motifs is 1. The normalized spacial score (nSPS) is 18.2. The van der Waals surface area contributed by atoms with E-state index in [4.69, 9.17) is 14.2 Å². The fraction of sp³-hybridized carbons (Fsp3) is 0.609. The zero-order valence-corrected chi connectivity index (χ0v) is 18.7. The topological polar surface area (TPSA) is 78.9 Å². The highest BCUT2D eigenvalue weighted by atomic mass is 16.5. The molecule has 0 saturated heterocycles. The Morgan fingerprint density at radius 1 is 1.28 bits per heavy atom. The Hall–Kier alpha value is -2.37. The van der Waals surface area contributed by atoms with Crippen molar-refractivity contribution in [1.82, 2.24) is 0 Å². The third kappa shape index (κ3) is 4.80. The molecular formula is C23H32O6. The largest absolute Gasteiger partial charge is 0.479 e. The molecule has 1 aliphatic heterocycles. The van der Waals surface area contributed by atoms with Crippen LogP contribution in [0.3, 0.4) is 0 Å². The average Bonchev–Trinajstić information content (AvgIpc) is 2.93. The molecule has 1 aromatic carbocycles. The Labute approximate surface area is 172 Å². The van der Waals surface area contributed by atoms with E-state index in [1.165, 1.54) is 6.92 Å². The van der Waals surface area contributed by atoms with Gasteiger partial charge in [-0.25, -0.2) is 0 Å². The van der Waals surface area contributed by atoms with Crippen LogP contribution in [0.4, 0.5) is 0 Å². The van der Waals surface area contributed by atoms with Crippen LogP contribution >= 0.6 is 0 Å². The van der Waals surface area contributed by atoms with Gasteiger partial charge in [-0.2, -0.15) is 0 Å². The van der Waals surface area contributed by atoms with Crippen molar-refractivity contribution in [3.63, 3.8) is 0 Å². The number of esters is 2. The maximum absolute atomic E-state index is 12.1. The van der Waals surface area contributed by atoms with E-state index in [9.17, 15) is 14.4 Å². The Bertz CT molecular complexity index is 831. The second-order valence-electron chi connectivity index (χ2n) is 9.25. The summed E-state index contributed by atoms with van der Waals surface area (Å²) in [5.74, 6) is 0.536. The predicted molar refractivity (Wildman–Crippen MR) is 109 cm³/mol. The van der Waals surface area contributed by atoms with Gasteiger partial charge in [0.15, 0.2) is 11.9 Å². The maximum atomic E-state index is 12.1. The van der Waals surface area contributed by atoms with Gasteiger partial charge in [-0.3, -0.25) is 14.4 Å². The zero-order chi connectivity index (χ0) is 22.1. The van der Waals surface area contributed by atoms with Crippen molar-refractivity contribution in [2.24, 2.45) is 5.41 Å². The Morgan fingerprint density at radius 3 is 2.38 bits per heavy atom. The minimum absolute atomic E-state index is 0.0715. The molecule has 1 unspecified atom stereocenters. The third-order valence-corrected chi connectivity index (χ3v) is 5.04. The fourth-order valence-electron chi connectivity index (χ4n) is 3.58. The van der Waals surface area contributed by atoms with E-state index in [-0.39, 0.29) is 18.5 Å². The molecular weight excluding hydrogens is 372 g/mol. The van der Waals surface area contributed by atoms with Crippen LogP contribution in [0, 0.1) is 12.3 Å². The van der Waals surface area contributed by atoms with E-state index in [1.807, 2.05) is 20.8 Å². The number of hydrogen-bond acceptors (Lipinski definition) is 6. The van der Waals surface area contributed by atoms with Gasteiger partial charge >= 0.3 is 11.9 Å². The lowest BCUT2D eigenvalue weighted by atomic mass is 9.86. The Balaban J connectivity index is 2.53. The molecule has 0 aliphatic carbocycles. The van der Waals surface area contributed by atoms with Crippen LogP contribution in [0.25, 0.3) is 0 Å². The van der Waals surface area contributed by atoms with Crippen molar-refractivity contribution in [2.45, 2.75) is 79.8 Å². The smallest absolute Gasteiger partial charge is 0.311 e. The van der Waals surface area contributed by atoms with E-state index in [2.05, 4.69) is 0 Å². The lowest BCUT2D eigenvalue weighted by Gasteiger charge is -2.23. The predicted octanol–water partition coefficient (Wildman–Crippen LogP) is 4.07. The van der Waals surface area contributed by atoms with E-state index >= 15 is 0 Å². The van der Waals surface area contributed by atoms with Crippen LogP contribution < -0.4 is 9.47 Å². The van der Waals surface area contributed by atoms with E-state index in [1.54, 1.807) is 27.7 Å². The highest BCUT2D eigenvalue weighted by Crippen LogP contribution is 2.48. The van der Waals surface area contributed by atoms with Gasteiger partial charge in [0.1, 0.15) is 11.5 Å². The van der Waals surface area contributed by atoms with Crippen molar-refractivity contribution in [2.75, 3.05) is 6.61 Å². The first-order valence-corrected chi connectivity index (χ1v) is 10.00. The maximum Gasteiger partial charge on any atom is 0.311 e. The molecule has 6 heteroatoms. The van der Waals surface area contributed by atoms with Crippen molar-refractivity contribution in [1.29, 1.82) is 0 Å². The SMILES string of the molecule is CC(=O)Oc1c(C)c(CCOC(=O)C(C)(C)C)c2c(c1C(C)C)CC(C)(C=O)O2. The minimum atomic E-state index is -0.968. The lowest BCUT2D eigenvalue weighted by molar-refractivity contribution is -0.152. The summed E-state index contributed by atoms with van der Waals surface area (Å²) < 4.78 is 17.1. The van der Waals surface area contributed by atoms with Gasteiger partial charge in [-0.1, -0.05) is 13.8 Å². The summed E-state index contributed by atoms with van der Waals surface area (Å²) in [5.41, 5.74) is 1.78. The van der Waals surface area contributed by atoms with Crippen LogP contribution in [0.15, 0.2) is 0 Å². The molecule has 0 radical (unpaired) electrons. The summed E-state index contributed by atoms with van der Waals surface area (Å²) in [6.07, 6.45) is 1.61. The molecule has 0 amide bonds. The van der Waals surface area contributed by atoms with Crippen LogP contribution in [0.5, 0.6) is 11.5 Å². The van der Waals surface area contributed by atoms with Gasteiger partial charge in [0.2, 0.25) is 0 Å². The number of carbonyl (C=O) groups is 3. The number of carbonyl (C=O) groups excluding carboxylic acids is 3. The summed E-state index contributed by atoms with van der Waals surface area (Å²) in [4.78, 5) is 35.6. The number of ether oxygens (including phenoxy) is 3. The summed E-state index contributed by atoms with van der Waals surface area (Å²) in [5, 5.41) is 0. The van der Waals surface area contributed by atoms with Gasteiger partial charge in [0.05, 0.1) is 12.0 Å². The molecule has 0 aromatic heterocycles. The zero-order valence-electron chi connectivity index (χ0n) is 18.7. The molecule has 2 rings (SSSR count). The monoisotopic (exact) mass is 404 g/mol. The highest BCUT2D eigenvalue weighted by molar-refractivity contribution is 5.76. The van der Waals surface area contributed by atoms with Crippen LogP contribution in [-0.2, 0) is 32.0 Å². The van der Waals surface area contributed by atoms with E-state index in [0.29, 0.717) is 24.3 Å². The summed E-state index contributed by atoms with van der Waals surface area (Å²) in [6.45, 7) is 14.6. The molecule has 1 aliphatic rings. The van der Waals surface area contributed by atoms with Gasteiger partial charge < -0.3 is 14.2 Å². The van der Waals surface area contributed by atoms with Crippen molar-refractivity contribution < 1.29 is 28.6 Å². The van der Waals surface area contributed by atoms with E-state index in [0.717, 1.165) is 28.5 Å². The first-order chi connectivity index (χ1) is 13.3. The highest BCUT2D eigenvalue weighted by Gasteiger charge is 2.40. The molecule has 0 saturated carbocycles. The van der Waals surface area contributed by atoms with Crippen LogP contribution in [0.2, 0.25) is 0 Å². The molecule has 0 fully saturated rings. The summed E-state index contributed by atoms with van der Waals surface area (Å²) in [7, 11) is 0. The third-order valence-electron chi connectivity index (χ3n) is 5.04. The van der Waals surface area contributed by atoms with Crippen molar-refractivity contribution in [3.05, 3.63) is 22.3 Å². The van der Waals surface area contributed by atoms with Crippen molar-refractivity contribution in [3.8, 4) is 11.5 Å². The van der Waals surface area contributed by atoms with Gasteiger partial charge in [0, 0.05) is 36.5 Å². The molecule has 6 nitrogen and oxygen atoms in total. The molecule has 1 heterocycles. The van der Waals surface area contributed by atoms with Crippen LogP contribution in [-0.4, -0.2) is 30.4 Å². The minimum Gasteiger partial charge on any atom is -0.479 e. The Morgan fingerprint density at radius 2 is 1.90 bits per heavy atom. The first kappa shape index (κ1) is 22.9. The molecule has 1 aromatic rings. The lowest BCUT2D eigenvalue weighted by Crippen LogP contribution is -2.32. The molecule has 1 atom stereocenters. The molecule has 160 valence electrons. The quantitative estimate of drug-likeness (QED) is 0.404. The first-order valence-electron chi connectivity index (χ1n) is 10.00. The Kier molecular flexibility index (Phi) is 6.45. The molecule has 0 spiro atoms. The summed E-state index contributed by atoms with van der Waals surface area (Å²) in [6, 6.07) is 0. The van der Waals surface area contributed by atoms with Gasteiger partial charge in [-0.15, -0.1) is 0 Å². The number of hydrogen-bond donors (Lipinski definition) is 0. The standard InChI is InChI=1S/C23H32O6/c1-13(2)18-17-11-23(8,12-24)29-20(17)16(14(3)19(18)28-15(4)25)9-10-27-21(26)22(5,6)7/h12-13H,9-11H2,1-8H3. The molecule has 0 N–H and O–H groups in total. The van der Waals surface area contributed by atoms with Gasteiger partial charge in [-0.05, 0) is 46.1 Å².